The predicted molar refractivity (Wildman–Crippen MR) is 108 cm³/mol. The van der Waals surface area contributed by atoms with Crippen LogP contribution in [0.2, 0.25) is 0 Å². The molecule has 0 heterocycles. The van der Waals surface area contributed by atoms with E-state index in [4.69, 9.17) is 14.2 Å². The molecule has 0 aliphatic rings. The smallest absolute Gasteiger partial charge is 0.344 e. The Morgan fingerprint density at radius 2 is 1.39 bits per heavy atom. The number of ether oxygens (including phenoxy) is 3. The SMILES string of the molecule is CC(C)CCCOC(=O)c1ccccc1C(=O)Oc1ccccc1OC(C)C. The second-order valence-electron chi connectivity index (χ2n) is 7.22. The molecule has 0 unspecified atom stereocenters. The molecule has 0 atom stereocenters. The van der Waals surface area contributed by atoms with Gasteiger partial charge in [-0.15, -0.1) is 0 Å². The van der Waals surface area contributed by atoms with Crippen LogP contribution in [0.15, 0.2) is 48.5 Å². The summed E-state index contributed by atoms with van der Waals surface area (Å²) in [6, 6.07) is 13.4. The van der Waals surface area contributed by atoms with E-state index < -0.39 is 11.9 Å². The zero-order valence-corrected chi connectivity index (χ0v) is 16.9. The van der Waals surface area contributed by atoms with Crippen LogP contribution in [0, 0.1) is 5.92 Å². The molecule has 0 bridgehead atoms. The average molecular weight is 384 g/mol. The Labute approximate surface area is 166 Å². The van der Waals surface area contributed by atoms with Gasteiger partial charge in [0.1, 0.15) is 0 Å². The Bertz CT molecular complexity index is 795. The zero-order valence-electron chi connectivity index (χ0n) is 16.9. The Kier molecular flexibility index (Phi) is 8.05. The van der Waals surface area contributed by atoms with Crippen molar-refractivity contribution in [2.45, 2.75) is 46.6 Å². The fraction of sp³-hybridized carbons (Fsp3) is 0.391. The van der Waals surface area contributed by atoms with Crippen molar-refractivity contribution in [3.05, 3.63) is 59.7 Å². The molecule has 150 valence electrons. The first-order valence-corrected chi connectivity index (χ1v) is 9.62. The van der Waals surface area contributed by atoms with Crippen molar-refractivity contribution in [3.63, 3.8) is 0 Å². The number of benzene rings is 2. The summed E-state index contributed by atoms with van der Waals surface area (Å²) in [5.41, 5.74) is 0.356. The summed E-state index contributed by atoms with van der Waals surface area (Å²) in [6.07, 6.45) is 1.70. The van der Waals surface area contributed by atoms with Crippen LogP contribution in [0.3, 0.4) is 0 Å². The molecule has 5 nitrogen and oxygen atoms in total. The normalized spacial score (nSPS) is 10.8. The molecule has 5 heteroatoms. The van der Waals surface area contributed by atoms with Gasteiger partial charge in [0, 0.05) is 0 Å². The van der Waals surface area contributed by atoms with Gasteiger partial charge in [-0.3, -0.25) is 0 Å². The summed E-state index contributed by atoms with van der Waals surface area (Å²) in [4.78, 5) is 25.1. The lowest BCUT2D eigenvalue weighted by molar-refractivity contribution is 0.0486. The molecule has 0 aromatic heterocycles. The number of hydrogen-bond donors (Lipinski definition) is 0. The minimum atomic E-state index is -0.630. The molecule has 0 saturated carbocycles. The van der Waals surface area contributed by atoms with Crippen LogP contribution in [0.1, 0.15) is 61.3 Å². The maximum atomic E-state index is 12.7. The Morgan fingerprint density at radius 3 is 2.00 bits per heavy atom. The minimum absolute atomic E-state index is 0.0621. The van der Waals surface area contributed by atoms with Crippen molar-refractivity contribution in [2.24, 2.45) is 5.92 Å². The van der Waals surface area contributed by atoms with Crippen molar-refractivity contribution < 1.29 is 23.8 Å². The summed E-state index contributed by atoms with van der Waals surface area (Å²) >= 11 is 0. The molecule has 0 radical (unpaired) electrons. The summed E-state index contributed by atoms with van der Waals surface area (Å²) in [7, 11) is 0. The van der Waals surface area contributed by atoms with E-state index in [0.29, 0.717) is 24.0 Å². The highest BCUT2D eigenvalue weighted by molar-refractivity contribution is 6.03. The van der Waals surface area contributed by atoms with E-state index in [2.05, 4.69) is 13.8 Å². The molecule has 0 amide bonds. The van der Waals surface area contributed by atoms with Crippen molar-refractivity contribution in [1.29, 1.82) is 0 Å². The van der Waals surface area contributed by atoms with Gasteiger partial charge in [0.05, 0.1) is 23.8 Å². The maximum absolute atomic E-state index is 12.7. The van der Waals surface area contributed by atoms with Gasteiger partial charge in [-0.1, -0.05) is 38.1 Å². The highest BCUT2D eigenvalue weighted by Crippen LogP contribution is 2.28. The van der Waals surface area contributed by atoms with Crippen molar-refractivity contribution >= 4 is 11.9 Å². The van der Waals surface area contributed by atoms with Crippen LogP contribution in [-0.4, -0.2) is 24.6 Å². The van der Waals surface area contributed by atoms with Crippen LogP contribution < -0.4 is 9.47 Å². The van der Waals surface area contributed by atoms with Crippen LogP contribution in [0.25, 0.3) is 0 Å². The first kappa shape index (κ1) is 21.5. The number of carbonyl (C=O) groups is 2. The topological polar surface area (TPSA) is 61.8 Å². The lowest BCUT2D eigenvalue weighted by Crippen LogP contribution is -2.17. The van der Waals surface area contributed by atoms with Gasteiger partial charge >= 0.3 is 11.9 Å². The fourth-order valence-electron chi connectivity index (χ4n) is 2.61. The summed E-state index contributed by atoms with van der Waals surface area (Å²) in [5, 5.41) is 0. The van der Waals surface area contributed by atoms with E-state index in [9.17, 15) is 9.59 Å². The van der Waals surface area contributed by atoms with Crippen LogP contribution in [-0.2, 0) is 4.74 Å². The van der Waals surface area contributed by atoms with E-state index >= 15 is 0 Å². The molecule has 2 aromatic carbocycles. The fourth-order valence-corrected chi connectivity index (χ4v) is 2.61. The van der Waals surface area contributed by atoms with Gasteiger partial charge in [-0.05, 0) is 56.9 Å². The average Bonchev–Trinajstić information content (AvgIpc) is 2.66. The zero-order chi connectivity index (χ0) is 20.5. The van der Waals surface area contributed by atoms with Crippen molar-refractivity contribution in [3.8, 4) is 11.5 Å². The highest BCUT2D eigenvalue weighted by Gasteiger charge is 2.21. The molecule has 0 fully saturated rings. The van der Waals surface area contributed by atoms with Gasteiger partial charge in [0.2, 0.25) is 0 Å². The third-order valence-electron chi connectivity index (χ3n) is 3.94. The van der Waals surface area contributed by atoms with E-state index in [1.807, 2.05) is 13.8 Å². The van der Waals surface area contributed by atoms with E-state index in [-0.39, 0.29) is 17.2 Å². The van der Waals surface area contributed by atoms with Crippen molar-refractivity contribution in [2.75, 3.05) is 6.61 Å². The number of rotatable bonds is 9. The molecular formula is C23H28O5. The molecule has 2 aromatic rings. The first-order chi connectivity index (χ1) is 13.4. The molecule has 0 spiro atoms. The van der Waals surface area contributed by atoms with Crippen LogP contribution in [0.4, 0.5) is 0 Å². The van der Waals surface area contributed by atoms with E-state index in [1.54, 1.807) is 48.5 Å². The molecule has 0 saturated heterocycles. The van der Waals surface area contributed by atoms with Gasteiger partial charge in [0.25, 0.3) is 0 Å². The monoisotopic (exact) mass is 384 g/mol. The third kappa shape index (κ3) is 6.41. The maximum Gasteiger partial charge on any atom is 0.344 e. The minimum Gasteiger partial charge on any atom is -0.487 e. The first-order valence-electron chi connectivity index (χ1n) is 9.62. The summed E-state index contributed by atoms with van der Waals surface area (Å²) in [6.45, 7) is 8.35. The number of hydrogen-bond acceptors (Lipinski definition) is 5. The standard InChI is InChI=1S/C23H28O5/c1-16(2)10-9-15-26-22(24)18-11-5-6-12-19(18)23(25)28-21-14-8-7-13-20(21)27-17(3)4/h5-8,11-14,16-17H,9-10,15H2,1-4H3. The van der Waals surface area contributed by atoms with Gasteiger partial charge in [-0.2, -0.15) is 0 Å². The lowest BCUT2D eigenvalue weighted by Gasteiger charge is -2.14. The molecule has 28 heavy (non-hydrogen) atoms. The third-order valence-corrected chi connectivity index (χ3v) is 3.94. The van der Waals surface area contributed by atoms with E-state index in [0.717, 1.165) is 12.8 Å². The predicted octanol–water partition coefficient (Wildman–Crippen LogP) is 5.29. The lowest BCUT2D eigenvalue weighted by atomic mass is 10.1. The highest BCUT2D eigenvalue weighted by atomic mass is 16.6. The Morgan fingerprint density at radius 1 is 0.821 bits per heavy atom. The number of para-hydroxylation sites is 2. The second kappa shape index (κ2) is 10.5. The quantitative estimate of drug-likeness (QED) is 0.334. The van der Waals surface area contributed by atoms with Crippen LogP contribution >= 0.6 is 0 Å². The van der Waals surface area contributed by atoms with E-state index in [1.165, 1.54) is 0 Å². The van der Waals surface area contributed by atoms with Gasteiger partial charge in [-0.25, -0.2) is 9.59 Å². The number of carbonyl (C=O) groups excluding carboxylic acids is 2. The van der Waals surface area contributed by atoms with Gasteiger partial charge < -0.3 is 14.2 Å². The van der Waals surface area contributed by atoms with Gasteiger partial charge in [0.15, 0.2) is 11.5 Å². The Balaban J connectivity index is 2.12. The molecule has 0 aliphatic carbocycles. The molecule has 2 rings (SSSR count). The van der Waals surface area contributed by atoms with Crippen molar-refractivity contribution in [1.82, 2.24) is 0 Å². The molecule has 0 N–H and O–H groups in total. The van der Waals surface area contributed by atoms with Crippen LogP contribution in [0.5, 0.6) is 11.5 Å². The number of esters is 2. The second-order valence-corrected chi connectivity index (χ2v) is 7.22. The molecular weight excluding hydrogens is 356 g/mol. The largest absolute Gasteiger partial charge is 0.487 e. The summed E-state index contributed by atoms with van der Waals surface area (Å²) in [5.74, 6) is 0.174. The summed E-state index contributed by atoms with van der Waals surface area (Å²) < 4.78 is 16.5. The molecule has 0 aliphatic heterocycles. The Hall–Kier alpha value is -2.82.